The smallest absolute Gasteiger partial charge is 0.407 e. The molecule has 2 aliphatic rings. The lowest BCUT2D eigenvalue weighted by molar-refractivity contribution is -0.147. The van der Waals surface area contributed by atoms with Crippen molar-refractivity contribution < 1.29 is 29.0 Å². The number of nitrogens with one attached hydrogen (secondary N) is 1. The number of alkyl carbamates (subject to hydrolysis) is 1. The van der Waals surface area contributed by atoms with Gasteiger partial charge in [-0.3, -0.25) is 9.59 Å². The first-order valence-electron chi connectivity index (χ1n) is 11.5. The number of fused-ring (bicyclic) bond motifs is 3. The van der Waals surface area contributed by atoms with Gasteiger partial charge in [-0.25, -0.2) is 4.79 Å². The van der Waals surface area contributed by atoms with Gasteiger partial charge in [0.1, 0.15) is 12.6 Å². The highest BCUT2D eigenvalue weighted by Crippen LogP contribution is 2.44. The van der Waals surface area contributed by atoms with Gasteiger partial charge in [-0.1, -0.05) is 55.5 Å². The maximum absolute atomic E-state index is 13.1. The second-order valence-electron chi connectivity index (χ2n) is 9.10. The Balaban J connectivity index is 1.41. The molecule has 8 heteroatoms. The highest BCUT2D eigenvalue weighted by molar-refractivity contribution is 5.86. The first-order valence-corrected chi connectivity index (χ1v) is 11.5. The van der Waals surface area contributed by atoms with E-state index in [4.69, 9.17) is 9.47 Å². The Kier molecular flexibility index (Phi) is 7.17. The number of ether oxygens (including phenoxy) is 2. The first-order chi connectivity index (χ1) is 16.4. The zero-order valence-electron chi connectivity index (χ0n) is 19.4. The van der Waals surface area contributed by atoms with Gasteiger partial charge in [0.25, 0.3) is 0 Å². The molecule has 2 N–H and O–H groups in total. The number of methoxy groups -OCH3 is 1. The highest BCUT2D eigenvalue weighted by atomic mass is 16.5. The fourth-order valence-corrected chi connectivity index (χ4v) is 5.05. The summed E-state index contributed by atoms with van der Waals surface area (Å²) in [5.41, 5.74) is 4.46. The van der Waals surface area contributed by atoms with Gasteiger partial charge >= 0.3 is 12.1 Å². The third kappa shape index (κ3) is 4.92. The van der Waals surface area contributed by atoms with Gasteiger partial charge in [-0.2, -0.15) is 0 Å². The Morgan fingerprint density at radius 1 is 1.06 bits per heavy atom. The minimum Gasteiger partial charge on any atom is -0.481 e. The van der Waals surface area contributed by atoms with E-state index in [-0.39, 0.29) is 37.5 Å². The van der Waals surface area contributed by atoms with E-state index < -0.39 is 24.0 Å². The van der Waals surface area contributed by atoms with E-state index in [9.17, 15) is 19.5 Å². The number of likely N-dealkylation sites (tertiary alicyclic amines) is 1. The Hall–Kier alpha value is -3.39. The van der Waals surface area contributed by atoms with Crippen LogP contribution >= 0.6 is 0 Å². The number of nitrogens with zero attached hydrogens (tertiary/aromatic N) is 1. The summed E-state index contributed by atoms with van der Waals surface area (Å²) in [6.45, 7) is 2.57. The fourth-order valence-electron chi connectivity index (χ4n) is 5.05. The van der Waals surface area contributed by atoms with E-state index >= 15 is 0 Å². The molecule has 3 atom stereocenters. The number of amides is 2. The van der Waals surface area contributed by atoms with Crippen LogP contribution in [0.5, 0.6) is 0 Å². The molecule has 1 saturated heterocycles. The average molecular weight is 467 g/mol. The largest absolute Gasteiger partial charge is 0.481 e. The molecule has 4 rings (SSSR count). The van der Waals surface area contributed by atoms with Crippen molar-refractivity contribution in [2.75, 3.05) is 33.4 Å². The van der Waals surface area contributed by atoms with E-state index in [2.05, 4.69) is 17.4 Å². The van der Waals surface area contributed by atoms with Gasteiger partial charge in [0, 0.05) is 26.1 Å². The number of carbonyl (C=O) groups excluding carboxylic acids is 2. The quantitative estimate of drug-likeness (QED) is 0.650. The van der Waals surface area contributed by atoms with E-state index in [1.165, 1.54) is 12.0 Å². The molecule has 1 aliphatic carbocycles. The van der Waals surface area contributed by atoms with Gasteiger partial charge in [0.15, 0.2) is 0 Å². The number of piperidine rings is 1. The number of aliphatic carboxylic acids is 1. The average Bonchev–Trinajstić information content (AvgIpc) is 3.15. The fraction of sp³-hybridized carbons (Fsp3) is 0.423. The van der Waals surface area contributed by atoms with Crippen LogP contribution < -0.4 is 5.32 Å². The van der Waals surface area contributed by atoms with Crippen LogP contribution in [0.25, 0.3) is 11.1 Å². The van der Waals surface area contributed by atoms with Crippen LogP contribution in [0.4, 0.5) is 4.79 Å². The van der Waals surface area contributed by atoms with Crippen molar-refractivity contribution in [2.24, 2.45) is 11.8 Å². The molecule has 0 bridgehead atoms. The molecule has 2 unspecified atom stereocenters. The van der Waals surface area contributed by atoms with Gasteiger partial charge < -0.3 is 24.8 Å². The molecule has 0 saturated carbocycles. The predicted octanol–water partition coefficient (Wildman–Crippen LogP) is 3.11. The van der Waals surface area contributed by atoms with Gasteiger partial charge in [-0.15, -0.1) is 0 Å². The Morgan fingerprint density at radius 2 is 1.68 bits per heavy atom. The molecule has 0 radical (unpaired) electrons. The SMILES string of the molecule is COC[C@H](NC(=O)OCC1c2ccccc2-c2ccccc21)C(=O)N1CC(C)CC(C(=O)O)C1. The number of rotatable bonds is 7. The second-order valence-corrected chi connectivity index (χ2v) is 9.10. The molecule has 180 valence electrons. The minimum absolute atomic E-state index is 0.0361. The van der Waals surface area contributed by atoms with Crippen molar-refractivity contribution >= 4 is 18.0 Å². The van der Waals surface area contributed by atoms with Crippen LogP contribution in [0.3, 0.4) is 0 Å². The van der Waals surface area contributed by atoms with Crippen molar-refractivity contribution in [3.63, 3.8) is 0 Å². The summed E-state index contributed by atoms with van der Waals surface area (Å²) in [6, 6.07) is 15.1. The van der Waals surface area contributed by atoms with E-state index in [0.29, 0.717) is 13.0 Å². The summed E-state index contributed by atoms with van der Waals surface area (Å²) in [5, 5.41) is 12.0. The van der Waals surface area contributed by atoms with Gasteiger partial charge in [0.05, 0.1) is 12.5 Å². The number of hydrogen-bond donors (Lipinski definition) is 2. The van der Waals surface area contributed by atoms with Gasteiger partial charge in [0.2, 0.25) is 5.91 Å². The topological polar surface area (TPSA) is 105 Å². The minimum atomic E-state index is -0.958. The molecule has 34 heavy (non-hydrogen) atoms. The lowest BCUT2D eigenvalue weighted by atomic mass is 9.90. The first kappa shape index (κ1) is 23.8. The van der Waals surface area contributed by atoms with Crippen LogP contribution in [0.2, 0.25) is 0 Å². The number of hydrogen-bond acceptors (Lipinski definition) is 5. The lowest BCUT2D eigenvalue weighted by Crippen LogP contribution is -2.55. The van der Waals surface area contributed by atoms with Crippen molar-refractivity contribution in [3.05, 3.63) is 59.7 Å². The number of carboxylic acid groups (broad SMARTS) is 1. The molecule has 1 heterocycles. The monoisotopic (exact) mass is 466 g/mol. The summed E-state index contributed by atoms with van der Waals surface area (Å²) in [6.07, 6.45) is -0.189. The van der Waals surface area contributed by atoms with Crippen molar-refractivity contribution in [1.29, 1.82) is 0 Å². The van der Waals surface area contributed by atoms with Gasteiger partial charge in [-0.05, 0) is 34.6 Å². The van der Waals surface area contributed by atoms with Crippen LogP contribution in [0, 0.1) is 11.8 Å². The Morgan fingerprint density at radius 3 is 2.26 bits per heavy atom. The zero-order chi connectivity index (χ0) is 24.2. The predicted molar refractivity (Wildman–Crippen MR) is 125 cm³/mol. The van der Waals surface area contributed by atoms with Crippen LogP contribution in [-0.2, 0) is 19.1 Å². The van der Waals surface area contributed by atoms with E-state index in [0.717, 1.165) is 22.3 Å². The van der Waals surface area contributed by atoms with Crippen molar-refractivity contribution in [3.8, 4) is 11.1 Å². The Labute approximate surface area is 198 Å². The normalized spacial score (nSPS) is 20.2. The Bertz CT molecular complexity index is 1030. The molecule has 0 spiro atoms. The molecule has 8 nitrogen and oxygen atoms in total. The second kappa shape index (κ2) is 10.3. The van der Waals surface area contributed by atoms with Crippen LogP contribution in [0.15, 0.2) is 48.5 Å². The van der Waals surface area contributed by atoms with E-state index in [1.54, 1.807) is 0 Å². The molecular formula is C26H30N2O6. The number of benzene rings is 2. The molecular weight excluding hydrogens is 436 g/mol. The standard InChI is InChI=1S/C26H30N2O6/c1-16-11-17(25(30)31)13-28(12-16)24(29)23(15-33-2)27-26(32)34-14-22-20-9-5-3-7-18(20)19-8-4-6-10-21(19)22/h3-10,16-17,22-23H,11-15H2,1-2H3,(H,27,32)(H,30,31)/t16?,17?,23-/m0/s1. The van der Waals surface area contributed by atoms with Crippen molar-refractivity contribution in [2.45, 2.75) is 25.3 Å². The zero-order valence-corrected chi connectivity index (χ0v) is 19.4. The van der Waals surface area contributed by atoms with Crippen molar-refractivity contribution in [1.82, 2.24) is 10.2 Å². The maximum Gasteiger partial charge on any atom is 0.407 e. The third-order valence-electron chi connectivity index (χ3n) is 6.59. The number of carboxylic acids is 1. The summed E-state index contributed by atoms with van der Waals surface area (Å²) in [4.78, 5) is 38.8. The lowest BCUT2D eigenvalue weighted by Gasteiger charge is -2.36. The molecule has 1 aliphatic heterocycles. The molecule has 0 aromatic heterocycles. The molecule has 2 amide bonds. The molecule has 2 aromatic rings. The third-order valence-corrected chi connectivity index (χ3v) is 6.59. The maximum atomic E-state index is 13.1. The van der Waals surface area contributed by atoms with Crippen LogP contribution in [0.1, 0.15) is 30.4 Å². The highest BCUT2D eigenvalue weighted by Gasteiger charge is 2.36. The molecule has 1 fully saturated rings. The number of carbonyl (C=O) groups is 3. The molecule has 2 aromatic carbocycles. The summed E-state index contributed by atoms with van der Waals surface area (Å²) < 4.78 is 10.7. The summed E-state index contributed by atoms with van der Waals surface area (Å²) >= 11 is 0. The van der Waals surface area contributed by atoms with Crippen LogP contribution in [-0.4, -0.2) is 67.4 Å². The summed E-state index contributed by atoms with van der Waals surface area (Å²) in [7, 11) is 1.44. The van der Waals surface area contributed by atoms with E-state index in [1.807, 2.05) is 43.3 Å². The summed E-state index contributed by atoms with van der Waals surface area (Å²) in [5.74, 6) is -1.94.